The number of hydrogen-bond donors (Lipinski definition) is 1. The Balaban J connectivity index is 1.77. The summed E-state index contributed by atoms with van der Waals surface area (Å²) < 4.78 is 0.490. The van der Waals surface area contributed by atoms with Crippen LogP contribution < -0.4 is 5.32 Å². The molecule has 1 aliphatic carbocycles. The fourth-order valence-electron chi connectivity index (χ4n) is 2.91. The summed E-state index contributed by atoms with van der Waals surface area (Å²) >= 11 is 2.05. The van der Waals surface area contributed by atoms with Gasteiger partial charge in [-0.05, 0) is 31.6 Å². The predicted molar refractivity (Wildman–Crippen MR) is 78.7 cm³/mol. The van der Waals surface area contributed by atoms with E-state index >= 15 is 0 Å². The maximum atomic E-state index is 11.7. The fraction of sp³-hybridized carbons (Fsp3) is 0.769. The van der Waals surface area contributed by atoms with Gasteiger partial charge in [0, 0.05) is 25.4 Å². The molecule has 5 nitrogen and oxygen atoms in total. The van der Waals surface area contributed by atoms with E-state index in [1.54, 1.807) is 0 Å². The molecule has 0 aromatic rings. The van der Waals surface area contributed by atoms with Gasteiger partial charge in [0.05, 0.1) is 4.43 Å². The Bertz CT molecular complexity index is 362. The van der Waals surface area contributed by atoms with Crippen LogP contribution in [0.25, 0.3) is 0 Å². The Hall–Kier alpha value is -0.660. The van der Waals surface area contributed by atoms with Crippen LogP contribution in [-0.2, 0) is 14.4 Å². The minimum Gasteiger partial charge on any atom is -0.355 e. The van der Waals surface area contributed by atoms with Crippen molar-refractivity contribution in [2.45, 2.75) is 44.6 Å². The van der Waals surface area contributed by atoms with Crippen LogP contribution in [0.1, 0.15) is 38.5 Å². The topological polar surface area (TPSA) is 66.5 Å². The zero-order valence-corrected chi connectivity index (χ0v) is 13.0. The number of halogens is 1. The summed E-state index contributed by atoms with van der Waals surface area (Å²) in [5, 5.41) is 2.91. The molecular formula is C13H19IN2O3. The molecule has 2 aliphatic rings. The number of imide groups is 1. The van der Waals surface area contributed by atoms with Crippen molar-refractivity contribution < 1.29 is 14.4 Å². The molecule has 0 radical (unpaired) electrons. The Morgan fingerprint density at radius 1 is 1.16 bits per heavy atom. The maximum absolute atomic E-state index is 11.7. The largest absolute Gasteiger partial charge is 0.355 e. The minimum absolute atomic E-state index is 0.00772. The van der Waals surface area contributed by atoms with Gasteiger partial charge in [-0.2, -0.15) is 0 Å². The lowest BCUT2D eigenvalue weighted by molar-refractivity contribution is -0.142. The number of carbonyl (C=O) groups excluding carboxylic acids is 3. The molecule has 1 heterocycles. The van der Waals surface area contributed by atoms with Crippen molar-refractivity contribution in [1.29, 1.82) is 0 Å². The summed E-state index contributed by atoms with van der Waals surface area (Å²) in [7, 11) is 0. The molecule has 0 atom stereocenters. The molecule has 0 aromatic carbocycles. The summed E-state index contributed by atoms with van der Waals surface area (Å²) in [6.07, 6.45) is 4.46. The van der Waals surface area contributed by atoms with E-state index in [4.69, 9.17) is 0 Å². The third-order valence-electron chi connectivity index (χ3n) is 3.98. The van der Waals surface area contributed by atoms with Crippen molar-refractivity contribution in [3.05, 3.63) is 0 Å². The molecule has 0 aromatic heterocycles. The molecule has 19 heavy (non-hydrogen) atoms. The third-order valence-corrected chi connectivity index (χ3v) is 4.67. The van der Waals surface area contributed by atoms with Crippen LogP contribution in [-0.4, -0.2) is 39.6 Å². The lowest BCUT2D eigenvalue weighted by Gasteiger charge is -2.33. The first-order valence-corrected chi connectivity index (χ1v) is 8.32. The van der Waals surface area contributed by atoms with E-state index in [2.05, 4.69) is 5.32 Å². The number of nitrogens with one attached hydrogen (secondary N) is 1. The number of carbonyl (C=O) groups is 3. The van der Waals surface area contributed by atoms with Gasteiger partial charge < -0.3 is 5.32 Å². The van der Waals surface area contributed by atoms with Crippen LogP contribution in [0.3, 0.4) is 0 Å². The Labute approximate surface area is 126 Å². The molecule has 0 unspecified atom stereocenters. The normalized spacial score (nSPS) is 27.7. The van der Waals surface area contributed by atoms with Crippen molar-refractivity contribution in [2.75, 3.05) is 11.0 Å². The molecule has 2 fully saturated rings. The molecule has 1 saturated heterocycles. The molecular weight excluding hydrogens is 359 g/mol. The Kier molecular flexibility index (Phi) is 5.18. The highest BCUT2D eigenvalue weighted by Gasteiger charge is 2.36. The van der Waals surface area contributed by atoms with Gasteiger partial charge in [-0.3, -0.25) is 19.3 Å². The van der Waals surface area contributed by atoms with E-state index in [0.717, 1.165) is 32.2 Å². The first-order valence-electron chi connectivity index (χ1n) is 6.79. The number of amides is 3. The van der Waals surface area contributed by atoms with E-state index in [1.165, 1.54) is 4.90 Å². The van der Waals surface area contributed by atoms with Crippen molar-refractivity contribution in [3.63, 3.8) is 0 Å². The van der Waals surface area contributed by atoms with Gasteiger partial charge in [0.25, 0.3) is 0 Å². The highest BCUT2D eigenvalue weighted by Crippen LogP contribution is 2.30. The lowest BCUT2D eigenvalue weighted by Crippen LogP contribution is -2.42. The smallest absolute Gasteiger partial charge is 0.229 e. The number of nitrogens with zero attached hydrogens (tertiary/aromatic N) is 1. The van der Waals surface area contributed by atoms with Crippen LogP contribution in [0.2, 0.25) is 0 Å². The molecule has 6 heteroatoms. The van der Waals surface area contributed by atoms with E-state index < -0.39 is 0 Å². The lowest BCUT2D eigenvalue weighted by atomic mass is 9.85. The average Bonchev–Trinajstić information content (AvgIpc) is 2.76. The van der Waals surface area contributed by atoms with Gasteiger partial charge in [-0.15, -0.1) is 0 Å². The van der Waals surface area contributed by atoms with Gasteiger partial charge in [0.15, 0.2) is 0 Å². The third kappa shape index (κ3) is 3.67. The predicted octanol–water partition coefficient (Wildman–Crippen LogP) is 1.25. The standard InChI is InChI=1S/C13H19IN2O3/c14-7-11(17)15-8-9-1-3-10(4-2-9)16-12(18)5-6-13(16)19/h9-10H,1-8H2,(H,15,17). The second kappa shape index (κ2) is 6.67. The second-order valence-electron chi connectivity index (χ2n) is 5.27. The van der Waals surface area contributed by atoms with Crippen LogP contribution in [0.5, 0.6) is 0 Å². The van der Waals surface area contributed by atoms with Crippen molar-refractivity contribution in [3.8, 4) is 0 Å². The number of rotatable bonds is 4. The highest BCUT2D eigenvalue weighted by atomic mass is 127. The zero-order valence-electron chi connectivity index (χ0n) is 10.9. The van der Waals surface area contributed by atoms with E-state index in [-0.39, 0.29) is 23.8 Å². The van der Waals surface area contributed by atoms with Gasteiger partial charge in [0.1, 0.15) is 0 Å². The zero-order chi connectivity index (χ0) is 13.8. The second-order valence-corrected chi connectivity index (χ2v) is 6.03. The molecule has 0 spiro atoms. The maximum Gasteiger partial charge on any atom is 0.229 e. The van der Waals surface area contributed by atoms with Crippen LogP contribution >= 0.6 is 22.6 Å². The number of likely N-dealkylation sites (tertiary alicyclic amines) is 1. The summed E-state index contributed by atoms with van der Waals surface area (Å²) in [5.74, 6) is 0.543. The Morgan fingerprint density at radius 3 is 2.26 bits per heavy atom. The first kappa shape index (κ1) is 14.7. The number of hydrogen-bond acceptors (Lipinski definition) is 3. The van der Waals surface area contributed by atoms with Gasteiger partial charge in [-0.1, -0.05) is 22.6 Å². The molecule has 3 amide bonds. The van der Waals surface area contributed by atoms with E-state index in [0.29, 0.717) is 23.2 Å². The first-order chi connectivity index (χ1) is 9.11. The minimum atomic E-state index is -0.00772. The molecule has 2 rings (SSSR count). The molecule has 1 N–H and O–H groups in total. The van der Waals surface area contributed by atoms with Crippen LogP contribution in [0.4, 0.5) is 0 Å². The molecule has 1 saturated carbocycles. The van der Waals surface area contributed by atoms with E-state index in [1.807, 2.05) is 22.6 Å². The van der Waals surface area contributed by atoms with Crippen LogP contribution in [0, 0.1) is 5.92 Å². The monoisotopic (exact) mass is 378 g/mol. The summed E-state index contributed by atoms with van der Waals surface area (Å²) in [5.41, 5.74) is 0. The van der Waals surface area contributed by atoms with Crippen molar-refractivity contribution >= 4 is 40.3 Å². The van der Waals surface area contributed by atoms with Crippen molar-refractivity contribution in [1.82, 2.24) is 10.2 Å². The van der Waals surface area contributed by atoms with Crippen molar-refractivity contribution in [2.24, 2.45) is 5.92 Å². The SMILES string of the molecule is O=C(CI)NCC1CCC(N2C(=O)CCC2=O)CC1. The summed E-state index contributed by atoms with van der Waals surface area (Å²) in [4.78, 5) is 36.0. The molecule has 0 bridgehead atoms. The highest BCUT2D eigenvalue weighted by molar-refractivity contribution is 14.1. The summed E-state index contributed by atoms with van der Waals surface area (Å²) in [6.45, 7) is 0.719. The molecule has 1 aliphatic heterocycles. The fourth-order valence-corrected chi connectivity index (χ4v) is 3.18. The quantitative estimate of drug-likeness (QED) is 0.455. The molecule has 106 valence electrons. The van der Waals surface area contributed by atoms with Crippen LogP contribution in [0.15, 0.2) is 0 Å². The Morgan fingerprint density at radius 2 is 1.74 bits per heavy atom. The van der Waals surface area contributed by atoms with E-state index in [9.17, 15) is 14.4 Å². The van der Waals surface area contributed by atoms with Gasteiger partial charge in [0.2, 0.25) is 17.7 Å². The average molecular weight is 378 g/mol. The summed E-state index contributed by atoms with van der Waals surface area (Å²) in [6, 6.07) is 0.0963. The van der Waals surface area contributed by atoms with Gasteiger partial charge in [-0.25, -0.2) is 0 Å². The number of alkyl halides is 1. The van der Waals surface area contributed by atoms with Gasteiger partial charge >= 0.3 is 0 Å².